The van der Waals surface area contributed by atoms with Crippen LogP contribution in [0.1, 0.15) is 24.8 Å². The van der Waals surface area contributed by atoms with Crippen molar-refractivity contribution in [1.29, 1.82) is 0 Å². The molecule has 0 radical (unpaired) electrons. The van der Waals surface area contributed by atoms with Crippen molar-refractivity contribution in [2.45, 2.75) is 31.1 Å². The smallest absolute Gasteiger partial charge is 0.243 e. The van der Waals surface area contributed by atoms with Gasteiger partial charge in [-0.3, -0.25) is 0 Å². The molecule has 0 bridgehead atoms. The minimum atomic E-state index is -3.43. The second-order valence-corrected chi connectivity index (χ2v) is 8.53. The summed E-state index contributed by atoms with van der Waals surface area (Å²) in [5.41, 5.74) is 3.60. The summed E-state index contributed by atoms with van der Waals surface area (Å²) in [4.78, 5) is 4.96. The number of nitrogens with zero attached hydrogens (tertiary/aromatic N) is 3. The molecule has 6 heteroatoms. The van der Waals surface area contributed by atoms with Crippen LogP contribution in [0, 0.1) is 6.92 Å². The Morgan fingerprint density at radius 1 is 1.00 bits per heavy atom. The summed E-state index contributed by atoms with van der Waals surface area (Å²) in [7, 11) is -3.43. The molecule has 0 atom stereocenters. The Hall–Kier alpha value is -2.18. The van der Waals surface area contributed by atoms with Crippen molar-refractivity contribution in [2.75, 3.05) is 13.1 Å². The van der Waals surface area contributed by atoms with Gasteiger partial charge >= 0.3 is 0 Å². The molecule has 0 N–H and O–H groups in total. The van der Waals surface area contributed by atoms with Crippen LogP contribution in [0.5, 0.6) is 0 Å². The van der Waals surface area contributed by atoms with Crippen molar-refractivity contribution in [3.8, 4) is 11.3 Å². The quantitative estimate of drug-likeness (QED) is 0.723. The average molecular weight is 355 g/mol. The molecular weight excluding hydrogens is 334 g/mol. The molecule has 0 spiro atoms. The van der Waals surface area contributed by atoms with Gasteiger partial charge in [-0.2, -0.15) is 4.31 Å². The van der Waals surface area contributed by atoms with Gasteiger partial charge in [0.05, 0.1) is 10.6 Å². The highest BCUT2D eigenvalue weighted by molar-refractivity contribution is 7.89. The van der Waals surface area contributed by atoms with E-state index < -0.39 is 10.0 Å². The first-order chi connectivity index (χ1) is 12.0. The lowest BCUT2D eigenvalue weighted by Gasteiger charge is -2.26. The van der Waals surface area contributed by atoms with E-state index in [1.54, 1.807) is 22.5 Å². The molecule has 0 amide bonds. The molecular formula is C19H21N3O2S. The summed E-state index contributed by atoms with van der Waals surface area (Å²) >= 11 is 0. The molecule has 1 fully saturated rings. The normalized spacial score (nSPS) is 16.4. The predicted molar refractivity (Wildman–Crippen MR) is 98.0 cm³/mol. The van der Waals surface area contributed by atoms with Crippen molar-refractivity contribution < 1.29 is 8.42 Å². The van der Waals surface area contributed by atoms with E-state index >= 15 is 0 Å². The van der Waals surface area contributed by atoms with Crippen molar-refractivity contribution in [3.05, 3.63) is 54.4 Å². The van der Waals surface area contributed by atoms with Crippen molar-refractivity contribution in [1.82, 2.24) is 13.7 Å². The molecule has 1 aromatic carbocycles. The van der Waals surface area contributed by atoms with Crippen molar-refractivity contribution >= 4 is 15.7 Å². The fourth-order valence-corrected chi connectivity index (χ4v) is 4.88. The molecule has 5 nitrogen and oxygen atoms in total. The Kier molecular flexibility index (Phi) is 4.09. The Morgan fingerprint density at radius 2 is 1.80 bits per heavy atom. The van der Waals surface area contributed by atoms with Gasteiger partial charge in [-0.05, 0) is 43.5 Å². The number of aromatic nitrogens is 2. The highest BCUT2D eigenvalue weighted by Gasteiger charge is 2.26. The lowest BCUT2D eigenvalue weighted by molar-refractivity contribution is 0.346. The maximum Gasteiger partial charge on any atom is 0.243 e. The van der Waals surface area contributed by atoms with E-state index in [9.17, 15) is 8.42 Å². The first-order valence-corrected chi connectivity index (χ1v) is 10.0. The number of rotatable bonds is 3. The van der Waals surface area contributed by atoms with Crippen LogP contribution in [-0.2, 0) is 10.0 Å². The standard InChI is InChI=1S/C19H21N3O2S/c1-15-8-9-19-20-18(14-21(19)13-15)16-6-5-7-17(12-16)25(23,24)22-10-3-2-4-11-22/h5-9,12-14H,2-4,10-11H2,1H3. The van der Waals surface area contributed by atoms with E-state index in [1.807, 2.05) is 41.9 Å². The third kappa shape index (κ3) is 3.07. The minimum absolute atomic E-state index is 0.347. The van der Waals surface area contributed by atoms with Crippen LogP contribution in [0.25, 0.3) is 16.9 Å². The van der Waals surface area contributed by atoms with Crippen LogP contribution in [-0.4, -0.2) is 35.2 Å². The summed E-state index contributed by atoms with van der Waals surface area (Å²) in [6.45, 7) is 3.26. The number of fused-ring (bicyclic) bond motifs is 1. The van der Waals surface area contributed by atoms with E-state index in [0.29, 0.717) is 18.0 Å². The molecule has 4 rings (SSSR count). The Balaban J connectivity index is 1.73. The van der Waals surface area contributed by atoms with Crippen molar-refractivity contribution in [3.63, 3.8) is 0 Å². The number of benzene rings is 1. The average Bonchev–Trinajstić information content (AvgIpc) is 3.06. The molecule has 0 unspecified atom stereocenters. The molecule has 25 heavy (non-hydrogen) atoms. The van der Waals surface area contributed by atoms with E-state index in [2.05, 4.69) is 4.98 Å². The molecule has 0 aliphatic carbocycles. The lowest BCUT2D eigenvalue weighted by atomic mass is 10.2. The summed E-state index contributed by atoms with van der Waals surface area (Å²) in [6, 6.07) is 11.1. The van der Waals surface area contributed by atoms with Gasteiger partial charge < -0.3 is 4.40 Å². The Morgan fingerprint density at radius 3 is 2.60 bits per heavy atom. The van der Waals surface area contributed by atoms with Gasteiger partial charge in [0.25, 0.3) is 0 Å². The van der Waals surface area contributed by atoms with Crippen molar-refractivity contribution in [2.24, 2.45) is 0 Å². The second-order valence-electron chi connectivity index (χ2n) is 6.59. The van der Waals surface area contributed by atoms with Gasteiger partial charge in [0.2, 0.25) is 10.0 Å². The van der Waals surface area contributed by atoms with Gasteiger partial charge in [-0.1, -0.05) is 24.6 Å². The van der Waals surface area contributed by atoms with Crippen LogP contribution < -0.4 is 0 Å². The summed E-state index contributed by atoms with van der Waals surface area (Å²) in [6.07, 6.45) is 6.93. The van der Waals surface area contributed by atoms with E-state index in [-0.39, 0.29) is 0 Å². The zero-order valence-electron chi connectivity index (χ0n) is 14.2. The van der Waals surface area contributed by atoms with Gasteiger partial charge in [0.1, 0.15) is 5.65 Å². The van der Waals surface area contributed by atoms with Gasteiger partial charge in [0, 0.05) is 31.0 Å². The summed E-state index contributed by atoms with van der Waals surface area (Å²) in [5, 5.41) is 0. The predicted octanol–water partition coefficient (Wildman–Crippen LogP) is 3.48. The number of imidazole rings is 1. The fourth-order valence-electron chi connectivity index (χ4n) is 3.31. The first kappa shape index (κ1) is 16.3. The van der Waals surface area contributed by atoms with Crippen LogP contribution in [0.15, 0.2) is 53.7 Å². The van der Waals surface area contributed by atoms with Crippen LogP contribution in [0.3, 0.4) is 0 Å². The first-order valence-electron chi connectivity index (χ1n) is 8.60. The van der Waals surface area contributed by atoms with E-state index in [0.717, 1.165) is 41.7 Å². The fraction of sp³-hybridized carbons (Fsp3) is 0.316. The minimum Gasteiger partial charge on any atom is -0.306 e. The van der Waals surface area contributed by atoms with Crippen LogP contribution >= 0.6 is 0 Å². The third-order valence-corrected chi connectivity index (χ3v) is 6.58. The zero-order valence-corrected chi connectivity index (χ0v) is 15.0. The molecule has 130 valence electrons. The summed E-state index contributed by atoms with van der Waals surface area (Å²) in [5.74, 6) is 0. The molecule has 0 saturated carbocycles. The monoisotopic (exact) mass is 355 g/mol. The van der Waals surface area contributed by atoms with Gasteiger partial charge in [-0.25, -0.2) is 13.4 Å². The molecule has 3 heterocycles. The number of aryl methyl sites for hydroxylation is 1. The number of hydrogen-bond acceptors (Lipinski definition) is 3. The van der Waals surface area contributed by atoms with E-state index in [4.69, 9.17) is 0 Å². The number of sulfonamides is 1. The maximum absolute atomic E-state index is 12.9. The molecule has 1 saturated heterocycles. The number of pyridine rings is 1. The maximum atomic E-state index is 12.9. The highest BCUT2D eigenvalue weighted by Crippen LogP contribution is 2.26. The molecule has 1 aliphatic rings. The molecule has 2 aromatic heterocycles. The van der Waals surface area contributed by atoms with E-state index in [1.165, 1.54) is 0 Å². The second kappa shape index (κ2) is 6.28. The molecule has 3 aromatic rings. The van der Waals surface area contributed by atoms with Gasteiger partial charge in [0.15, 0.2) is 0 Å². The van der Waals surface area contributed by atoms with Crippen LogP contribution in [0.2, 0.25) is 0 Å². The SMILES string of the molecule is Cc1ccc2nc(-c3cccc(S(=O)(=O)N4CCCCC4)c3)cn2c1. The Labute approximate surface area is 148 Å². The third-order valence-electron chi connectivity index (χ3n) is 4.68. The lowest BCUT2D eigenvalue weighted by Crippen LogP contribution is -2.35. The largest absolute Gasteiger partial charge is 0.306 e. The number of hydrogen-bond donors (Lipinski definition) is 0. The van der Waals surface area contributed by atoms with Gasteiger partial charge in [-0.15, -0.1) is 0 Å². The highest BCUT2D eigenvalue weighted by atomic mass is 32.2. The number of piperidine rings is 1. The van der Waals surface area contributed by atoms with Crippen LogP contribution in [0.4, 0.5) is 0 Å². The summed E-state index contributed by atoms with van der Waals surface area (Å²) < 4.78 is 29.3. The molecule has 1 aliphatic heterocycles. The Bertz CT molecular complexity index is 1020. The topological polar surface area (TPSA) is 54.7 Å². The zero-order chi connectivity index (χ0) is 17.4.